The maximum Gasteiger partial charge on any atom is 0.251 e. The SMILES string of the molecule is CC1(CNC(=O)c2ccc(C#N)cc2)CCCC1. The molecule has 0 bridgehead atoms. The highest BCUT2D eigenvalue weighted by Gasteiger charge is 2.28. The van der Waals surface area contributed by atoms with Crippen LogP contribution >= 0.6 is 0 Å². The molecule has 18 heavy (non-hydrogen) atoms. The Kier molecular flexibility index (Phi) is 3.66. The molecule has 0 unspecified atom stereocenters. The van der Waals surface area contributed by atoms with E-state index in [4.69, 9.17) is 5.26 Å². The summed E-state index contributed by atoms with van der Waals surface area (Å²) in [4.78, 5) is 11.9. The standard InChI is InChI=1S/C15H18N2O/c1-15(8-2-3-9-15)11-17-14(18)13-6-4-12(10-16)5-7-13/h4-7H,2-3,8-9,11H2,1H3,(H,17,18). The van der Waals surface area contributed by atoms with Crippen LogP contribution in [-0.4, -0.2) is 12.5 Å². The normalized spacial score (nSPS) is 17.1. The van der Waals surface area contributed by atoms with Crippen LogP contribution < -0.4 is 5.32 Å². The van der Waals surface area contributed by atoms with E-state index in [0.29, 0.717) is 11.1 Å². The van der Waals surface area contributed by atoms with Gasteiger partial charge in [0, 0.05) is 12.1 Å². The van der Waals surface area contributed by atoms with Crippen molar-refractivity contribution in [2.24, 2.45) is 5.41 Å². The second kappa shape index (κ2) is 5.22. The van der Waals surface area contributed by atoms with Crippen molar-refractivity contribution < 1.29 is 4.79 Å². The molecule has 2 rings (SSSR count). The largest absolute Gasteiger partial charge is 0.351 e. The number of nitrogens with zero attached hydrogens (tertiary/aromatic N) is 1. The van der Waals surface area contributed by atoms with Crippen LogP contribution in [0.25, 0.3) is 0 Å². The van der Waals surface area contributed by atoms with Gasteiger partial charge < -0.3 is 5.32 Å². The molecular formula is C15H18N2O. The quantitative estimate of drug-likeness (QED) is 0.886. The fourth-order valence-corrected chi connectivity index (χ4v) is 2.50. The van der Waals surface area contributed by atoms with Crippen molar-refractivity contribution in [2.75, 3.05) is 6.54 Å². The molecule has 0 radical (unpaired) electrons. The molecule has 0 atom stereocenters. The summed E-state index contributed by atoms with van der Waals surface area (Å²) in [5.41, 5.74) is 1.47. The topological polar surface area (TPSA) is 52.9 Å². The van der Waals surface area contributed by atoms with Crippen molar-refractivity contribution in [2.45, 2.75) is 32.6 Å². The average molecular weight is 242 g/mol. The molecule has 1 aromatic carbocycles. The van der Waals surface area contributed by atoms with Gasteiger partial charge in [-0.3, -0.25) is 4.79 Å². The Morgan fingerprint density at radius 2 is 1.94 bits per heavy atom. The van der Waals surface area contributed by atoms with Crippen LogP contribution in [0, 0.1) is 16.7 Å². The van der Waals surface area contributed by atoms with E-state index in [1.807, 2.05) is 6.07 Å². The zero-order chi connectivity index (χ0) is 13.0. The Balaban J connectivity index is 1.93. The summed E-state index contributed by atoms with van der Waals surface area (Å²) in [5.74, 6) is -0.0485. The van der Waals surface area contributed by atoms with Gasteiger partial charge >= 0.3 is 0 Å². The third-order valence-electron chi connectivity index (χ3n) is 3.76. The average Bonchev–Trinajstić information content (AvgIpc) is 2.83. The van der Waals surface area contributed by atoms with Crippen LogP contribution in [0.1, 0.15) is 48.5 Å². The Hall–Kier alpha value is -1.82. The van der Waals surface area contributed by atoms with E-state index in [9.17, 15) is 4.79 Å². The zero-order valence-corrected chi connectivity index (χ0v) is 10.7. The van der Waals surface area contributed by atoms with Crippen LogP contribution in [0.3, 0.4) is 0 Å². The van der Waals surface area contributed by atoms with E-state index in [-0.39, 0.29) is 11.3 Å². The summed E-state index contributed by atoms with van der Waals surface area (Å²) in [7, 11) is 0. The minimum atomic E-state index is -0.0485. The first-order valence-electron chi connectivity index (χ1n) is 6.41. The van der Waals surface area contributed by atoms with Gasteiger partial charge in [-0.1, -0.05) is 19.8 Å². The number of carbonyl (C=O) groups is 1. The van der Waals surface area contributed by atoms with E-state index in [1.54, 1.807) is 24.3 Å². The molecule has 1 aliphatic carbocycles. The van der Waals surface area contributed by atoms with E-state index in [2.05, 4.69) is 12.2 Å². The maximum atomic E-state index is 11.9. The van der Waals surface area contributed by atoms with Crippen molar-refractivity contribution >= 4 is 5.91 Å². The van der Waals surface area contributed by atoms with Crippen molar-refractivity contribution in [3.05, 3.63) is 35.4 Å². The van der Waals surface area contributed by atoms with Gasteiger partial charge in [-0.25, -0.2) is 0 Å². The Morgan fingerprint density at radius 3 is 2.50 bits per heavy atom. The number of hydrogen-bond acceptors (Lipinski definition) is 2. The number of nitriles is 1. The lowest BCUT2D eigenvalue weighted by Gasteiger charge is -2.23. The zero-order valence-electron chi connectivity index (χ0n) is 10.7. The van der Waals surface area contributed by atoms with Crippen molar-refractivity contribution in [1.29, 1.82) is 5.26 Å². The van der Waals surface area contributed by atoms with Crippen molar-refractivity contribution in [1.82, 2.24) is 5.32 Å². The smallest absolute Gasteiger partial charge is 0.251 e. The molecule has 3 heteroatoms. The van der Waals surface area contributed by atoms with Crippen LogP contribution in [0.5, 0.6) is 0 Å². The minimum absolute atomic E-state index is 0.0485. The van der Waals surface area contributed by atoms with Crippen LogP contribution in [-0.2, 0) is 0 Å². The summed E-state index contributed by atoms with van der Waals surface area (Å²) in [6.45, 7) is 2.98. The van der Waals surface area contributed by atoms with E-state index < -0.39 is 0 Å². The number of carbonyl (C=O) groups excluding carboxylic acids is 1. The van der Waals surface area contributed by atoms with Gasteiger partial charge in [0.2, 0.25) is 0 Å². The molecule has 0 saturated heterocycles. The second-order valence-electron chi connectivity index (χ2n) is 5.39. The fourth-order valence-electron chi connectivity index (χ4n) is 2.50. The highest BCUT2D eigenvalue weighted by atomic mass is 16.1. The number of hydrogen-bond donors (Lipinski definition) is 1. The molecule has 3 nitrogen and oxygen atoms in total. The summed E-state index contributed by atoms with van der Waals surface area (Å²) >= 11 is 0. The highest BCUT2D eigenvalue weighted by Crippen LogP contribution is 2.36. The first kappa shape index (κ1) is 12.6. The first-order valence-corrected chi connectivity index (χ1v) is 6.41. The fraction of sp³-hybridized carbons (Fsp3) is 0.467. The summed E-state index contributed by atoms with van der Waals surface area (Å²) in [6.07, 6.45) is 4.92. The van der Waals surface area contributed by atoms with E-state index in [1.165, 1.54) is 25.7 Å². The van der Waals surface area contributed by atoms with Gasteiger partial charge in [0.1, 0.15) is 0 Å². The monoisotopic (exact) mass is 242 g/mol. The number of benzene rings is 1. The highest BCUT2D eigenvalue weighted by molar-refractivity contribution is 5.94. The van der Waals surface area contributed by atoms with Crippen LogP contribution in [0.2, 0.25) is 0 Å². The van der Waals surface area contributed by atoms with Gasteiger partial charge in [0.25, 0.3) is 5.91 Å². The predicted molar refractivity (Wildman–Crippen MR) is 70.1 cm³/mol. The minimum Gasteiger partial charge on any atom is -0.351 e. The maximum absolute atomic E-state index is 11.9. The number of amides is 1. The molecule has 1 aromatic rings. The lowest BCUT2D eigenvalue weighted by Crippen LogP contribution is -2.34. The van der Waals surface area contributed by atoms with Gasteiger partial charge in [-0.2, -0.15) is 5.26 Å². The molecular weight excluding hydrogens is 224 g/mol. The molecule has 1 saturated carbocycles. The number of rotatable bonds is 3. The summed E-state index contributed by atoms with van der Waals surface area (Å²) in [6, 6.07) is 8.79. The van der Waals surface area contributed by atoms with Crippen LogP contribution in [0.15, 0.2) is 24.3 Å². The van der Waals surface area contributed by atoms with Gasteiger partial charge in [-0.05, 0) is 42.5 Å². The van der Waals surface area contributed by atoms with Crippen molar-refractivity contribution in [3.8, 4) is 6.07 Å². The molecule has 94 valence electrons. The third kappa shape index (κ3) is 2.89. The molecule has 0 heterocycles. The molecule has 1 aliphatic rings. The van der Waals surface area contributed by atoms with Crippen molar-refractivity contribution in [3.63, 3.8) is 0 Å². The third-order valence-corrected chi connectivity index (χ3v) is 3.76. The van der Waals surface area contributed by atoms with Gasteiger partial charge in [0.05, 0.1) is 11.6 Å². The summed E-state index contributed by atoms with van der Waals surface area (Å²) < 4.78 is 0. The first-order chi connectivity index (χ1) is 8.63. The molecule has 1 fully saturated rings. The lowest BCUT2D eigenvalue weighted by molar-refractivity contribution is 0.0934. The molecule has 1 N–H and O–H groups in total. The Labute approximate surface area is 108 Å². The van der Waals surface area contributed by atoms with E-state index in [0.717, 1.165) is 6.54 Å². The molecule has 0 spiro atoms. The second-order valence-corrected chi connectivity index (χ2v) is 5.39. The summed E-state index contributed by atoms with van der Waals surface area (Å²) in [5, 5.41) is 11.7. The van der Waals surface area contributed by atoms with Gasteiger partial charge in [-0.15, -0.1) is 0 Å². The molecule has 1 amide bonds. The molecule has 0 aromatic heterocycles. The van der Waals surface area contributed by atoms with Gasteiger partial charge in [0.15, 0.2) is 0 Å². The predicted octanol–water partition coefficient (Wildman–Crippen LogP) is 2.87. The van der Waals surface area contributed by atoms with E-state index >= 15 is 0 Å². The van der Waals surface area contributed by atoms with Crippen LogP contribution in [0.4, 0.5) is 0 Å². The number of nitrogens with one attached hydrogen (secondary N) is 1. The lowest BCUT2D eigenvalue weighted by atomic mass is 9.89. The Bertz CT molecular complexity index is 464. The Morgan fingerprint density at radius 1 is 1.33 bits per heavy atom. The molecule has 0 aliphatic heterocycles.